The van der Waals surface area contributed by atoms with Gasteiger partial charge >= 0.3 is 6.09 Å². The van der Waals surface area contributed by atoms with Crippen LogP contribution in [0.5, 0.6) is 0 Å². The van der Waals surface area contributed by atoms with E-state index < -0.39 is 0 Å². The third-order valence-corrected chi connectivity index (χ3v) is 3.09. The Kier molecular flexibility index (Phi) is 3.65. The van der Waals surface area contributed by atoms with Crippen LogP contribution in [-0.4, -0.2) is 17.3 Å². The summed E-state index contributed by atoms with van der Waals surface area (Å²) >= 11 is 0. The van der Waals surface area contributed by atoms with Gasteiger partial charge in [-0.15, -0.1) is 0 Å². The minimum Gasteiger partial charge on any atom is -0.449 e. The Morgan fingerprint density at radius 1 is 1.26 bits per heavy atom. The number of benzene rings is 1. The first-order valence-corrected chi connectivity index (χ1v) is 6.73. The number of nitrogens with zero attached hydrogens (tertiary/aromatic N) is 1. The largest absolute Gasteiger partial charge is 0.449 e. The van der Waals surface area contributed by atoms with Gasteiger partial charge in [-0.2, -0.15) is 0 Å². The van der Waals surface area contributed by atoms with Crippen LogP contribution in [0, 0.1) is 0 Å². The Morgan fingerprint density at radius 2 is 1.95 bits per heavy atom. The number of hydrogen-bond acceptors (Lipinski definition) is 2. The molecule has 0 unspecified atom stereocenters. The molecule has 0 aliphatic carbocycles. The summed E-state index contributed by atoms with van der Waals surface area (Å²) < 4.78 is 7.00. The van der Waals surface area contributed by atoms with Gasteiger partial charge in [-0.25, -0.2) is 9.36 Å². The number of carbonyl (C=O) groups is 1. The fraction of sp³-hybridized carbons (Fsp3) is 0.438. The van der Waals surface area contributed by atoms with Crippen LogP contribution in [0.2, 0.25) is 0 Å². The van der Waals surface area contributed by atoms with Crippen LogP contribution in [0.25, 0.3) is 10.9 Å². The SMILES string of the molecule is CCCOC(=O)n1c(C(C)(C)C)cc2ccccc21. The minimum atomic E-state index is -0.284. The number of rotatable bonds is 2. The normalized spacial score (nSPS) is 11.8. The Hall–Kier alpha value is -1.77. The summed E-state index contributed by atoms with van der Waals surface area (Å²) in [5, 5.41) is 1.07. The van der Waals surface area contributed by atoms with Crippen molar-refractivity contribution >= 4 is 17.0 Å². The van der Waals surface area contributed by atoms with E-state index >= 15 is 0 Å². The Labute approximate surface area is 114 Å². The first-order chi connectivity index (χ1) is 8.95. The molecule has 2 aromatic rings. The lowest BCUT2D eigenvalue weighted by Crippen LogP contribution is -2.23. The molecule has 1 heterocycles. The average molecular weight is 259 g/mol. The van der Waals surface area contributed by atoms with Gasteiger partial charge in [0, 0.05) is 16.5 Å². The highest BCUT2D eigenvalue weighted by Crippen LogP contribution is 2.29. The predicted octanol–water partition coefficient (Wildman–Crippen LogP) is 4.33. The summed E-state index contributed by atoms with van der Waals surface area (Å²) in [6.45, 7) is 8.75. The zero-order chi connectivity index (χ0) is 14.0. The van der Waals surface area contributed by atoms with Crippen molar-refractivity contribution in [3.63, 3.8) is 0 Å². The number of para-hydroxylation sites is 1. The van der Waals surface area contributed by atoms with Gasteiger partial charge in [-0.3, -0.25) is 0 Å². The smallest absolute Gasteiger partial charge is 0.418 e. The van der Waals surface area contributed by atoms with Crippen molar-refractivity contribution in [2.24, 2.45) is 0 Å². The van der Waals surface area contributed by atoms with Gasteiger partial charge in [0.1, 0.15) is 0 Å². The highest BCUT2D eigenvalue weighted by atomic mass is 16.5. The quantitative estimate of drug-likeness (QED) is 0.803. The van der Waals surface area contributed by atoms with Gasteiger partial charge in [0.15, 0.2) is 0 Å². The molecule has 3 nitrogen and oxygen atoms in total. The standard InChI is InChI=1S/C16H21NO2/c1-5-10-19-15(18)17-13-9-7-6-8-12(13)11-14(17)16(2,3)4/h6-9,11H,5,10H2,1-4H3. The van der Waals surface area contributed by atoms with Crippen molar-refractivity contribution in [3.8, 4) is 0 Å². The van der Waals surface area contributed by atoms with Crippen LogP contribution in [0.3, 0.4) is 0 Å². The summed E-state index contributed by atoms with van der Waals surface area (Å²) in [6, 6.07) is 9.98. The van der Waals surface area contributed by atoms with Crippen molar-refractivity contribution in [3.05, 3.63) is 36.0 Å². The molecule has 0 aliphatic heterocycles. The molecule has 0 atom stereocenters. The third kappa shape index (κ3) is 2.65. The lowest BCUT2D eigenvalue weighted by atomic mass is 9.92. The van der Waals surface area contributed by atoms with Crippen LogP contribution in [0.1, 0.15) is 39.8 Å². The van der Waals surface area contributed by atoms with E-state index in [1.54, 1.807) is 4.57 Å². The second-order valence-corrected chi connectivity index (χ2v) is 5.79. The van der Waals surface area contributed by atoms with E-state index in [0.717, 1.165) is 23.0 Å². The molecule has 102 valence electrons. The molecule has 1 aromatic heterocycles. The summed E-state index contributed by atoms with van der Waals surface area (Å²) in [5.74, 6) is 0. The highest BCUT2D eigenvalue weighted by Gasteiger charge is 2.24. The number of carbonyl (C=O) groups excluding carboxylic acids is 1. The molecule has 0 saturated carbocycles. The molecular weight excluding hydrogens is 238 g/mol. The number of hydrogen-bond donors (Lipinski definition) is 0. The van der Waals surface area contributed by atoms with E-state index in [1.807, 2.05) is 31.2 Å². The van der Waals surface area contributed by atoms with Gasteiger partial charge < -0.3 is 4.74 Å². The summed E-state index contributed by atoms with van der Waals surface area (Å²) in [7, 11) is 0. The maximum absolute atomic E-state index is 12.3. The van der Waals surface area contributed by atoms with E-state index in [9.17, 15) is 4.79 Å². The molecule has 0 radical (unpaired) electrons. The van der Waals surface area contributed by atoms with Crippen molar-refractivity contribution in [1.29, 1.82) is 0 Å². The highest BCUT2D eigenvalue weighted by molar-refractivity contribution is 5.91. The molecule has 1 aromatic carbocycles. The van der Waals surface area contributed by atoms with E-state index in [-0.39, 0.29) is 11.5 Å². The van der Waals surface area contributed by atoms with E-state index in [2.05, 4.69) is 26.8 Å². The molecule has 0 N–H and O–H groups in total. The van der Waals surface area contributed by atoms with Crippen LogP contribution in [0.4, 0.5) is 4.79 Å². The van der Waals surface area contributed by atoms with E-state index in [0.29, 0.717) is 6.61 Å². The first-order valence-electron chi connectivity index (χ1n) is 6.73. The molecule has 0 amide bonds. The summed E-state index contributed by atoms with van der Waals surface area (Å²) in [6.07, 6.45) is 0.545. The predicted molar refractivity (Wildman–Crippen MR) is 77.7 cm³/mol. The van der Waals surface area contributed by atoms with Crippen LogP contribution < -0.4 is 0 Å². The lowest BCUT2D eigenvalue weighted by molar-refractivity contribution is 0.147. The molecule has 0 spiro atoms. The second-order valence-electron chi connectivity index (χ2n) is 5.79. The monoisotopic (exact) mass is 259 g/mol. The van der Waals surface area contributed by atoms with Gasteiger partial charge in [-0.1, -0.05) is 45.9 Å². The number of aromatic nitrogens is 1. The fourth-order valence-corrected chi connectivity index (χ4v) is 2.16. The zero-order valence-electron chi connectivity index (χ0n) is 12.1. The molecule has 0 bridgehead atoms. The first kappa shape index (κ1) is 13.7. The van der Waals surface area contributed by atoms with Crippen molar-refractivity contribution < 1.29 is 9.53 Å². The lowest BCUT2D eigenvalue weighted by Gasteiger charge is -2.20. The average Bonchev–Trinajstić information content (AvgIpc) is 2.75. The molecule has 0 saturated heterocycles. The molecule has 2 rings (SSSR count). The van der Waals surface area contributed by atoms with Crippen molar-refractivity contribution in [2.45, 2.75) is 39.5 Å². The van der Waals surface area contributed by atoms with Crippen molar-refractivity contribution in [1.82, 2.24) is 4.57 Å². The van der Waals surface area contributed by atoms with E-state index in [1.165, 1.54) is 0 Å². The Balaban J connectivity index is 2.58. The molecule has 0 fully saturated rings. The zero-order valence-corrected chi connectivity index (χ0v) is 12.1. The fourth-order valence-electron chi connectivity index (χ4n) is 2.16. The minimum absolute atomic E-state index is 0.107. The van der Waals surface area contributed by atoms with Crippen molar-refractivity contribution in [2.75, 3.05) is 6.61 Å². The van der Waals surface area contributed by atoms with Gasteiger partial charge in [0.25, 0.3) is 0 Å². The maximum atomic E-state index is 12.3. The van der Waals surface area contributed by atoms with Gasteiger partial charge in [-0.05, 0) is 18.6 Å². The van der Waals surface area contributed by atoms with Crippen LogP contribution in [0.15, 0.2) is 30.3 Å². The number of ether oxygens (including phenoxy) is 1. The van der Waals surface area contributed by atoms with Gasteiger partial charge in [0.2, 0.25) is 0 Å². The summed E-state index contributed by atoms with van der Waals surface area (Å²) in [4.78, 5) is 12.3. The van der Waals surface area contributed by atoms with Crippen LogP contribution in [-0.2, 0) is 10.2 Å². The van der Waals surface area contributed by atoms with E-state index in [4.69, 9.17) is 4.74 Å². The Morgan fingerprint density at radius 3 is 2.58 bits per heavy atom. The molecular formula is C16H21NO2. The topological polar surface area (TPSA) is 31.2 Å². The Bertz CT molecular complexity index is 590. The van der Waals surface area contributed by atoms with Gasteiger partial charge in [0.05, 0.1) is 12.1 Å². The molecule has 19 heavy (non-hydrogen) atoms. The summed E-state index contributed by atoms with van der Waals surface area (Å²) in [5.41, 5.74) is 1.79. The van der Waals surface area contributed by atoms with Crippen LogP contribution >= 0.6 is 0 Å². The second kappa shape index (κ2) is 5.08. The maximum Gasteiger partial charge on any atom is 0.418 e. The number of fused-ring (bicyclic) bond motifs is 1. The molecule has 3 heteroatoms. The molecule has 0 aliphatic rings. The third-order valence-electron chi connectivity index (χ3n) is 3.09.